The highest BCUT2D eigenvalue weighted by Crippen LogP contribution is 2.20. The zero-order valence-corrected chi connectivity index (χ0v) is 6.02. The number of hydrogen-bond acceptors (Lipinski definition) is 0. The monoisotopic (exact) mass is 120 g/mol. The molecule has 0 saturated carbocycles. The summed E-state index contributed by atoms with van der Waals surface area (Å²) in [7, 11) is 0. The molecular weight excluding hydrogens is 108 g/mol. The molecule has 0 N–H and O–H groups in total. The molecule has 0 bridgehead atoms. The van der Waals surface area contributed by atoms with Gasteiger partial charge in [-0.3, -0.25) is 0 Å². The molecule has 0 saturated heterocycles. The quantitative estimate of drug-likeness (QED) is 0.499. The van der Waals surface area contributed by atoms with E-state index in [0.717, 1.165) is 6.42 Å². The van der Waals surface area contributed by atoms with E-state index in [-0.39, 0.29) is 0 Å². The molecule has 0 fully saturated rings. The van der Waals surface area contributed by atoms with Crippen LogP contribution in [0.3, 0.4) is 0 Å². The first-order chi connectivity index (χ1) is 4.38. The Kier molecular flexibility index (Phi) is 1.88. The van der Waals surface area contributed by atoms with Crippen LogP contribution in [0.4, 0.5) is 0 Å². The van der Waals surface area contributed by atoms with Crippen molar-refractivity contribution in [2.24, 2.45) is 0 Å². The molecule has 0 radical (unpaired) electrons. The van der Waals surface area contributed by atoms with Crippen LogP contribution in [0.25, 0.3) is 0 Å². The van der Waals surface area contributed by atoms with Gasteiger partial charge in [0.05, 0.1) is 0 Å². The molecule has 0 heterocycles. The summed E-state index contributed by atoms with van der Waals surface area (Å²) in [5, 5.41) is 0. The minimum absolute atomic E-state index is 1.15. The highest BCUT2D eigenvalue weighted by Gasteiger charge is 2.00. The van der Waals surface area contributed by atoms with Crippen LogP contribution in [0.2, 0.25) is 0 Å². The van der Waals surface area contributed by atoms with Crippen molar-refractivity contribution in [3.05, 3.63) is 35.5 Å². The molecule has 1 aliphatic rings. The van der Waals surface area contributed by atoms with Gasteiger partial charge in [0, 0.05) is 0 Å². The lowest BCUT2D eigenvalue weighted by molar-refractivity contribution is 1.13. The third-order valence-corrected chi connectivity index (χ3v) is 1.64. The first kappa shape index (κ1) is 6.34. The van der Waals surface area contributed by atoms with Crippen molar-refractivity contribution in [1.29, 1.82) is 0 Å². The predicted octanol–water partition coefficient (Wildman–Crippen LogP) is 2.84. The Bertz CT molecular complexity index is 180. The van der Waals surface area contributed by atoms with Crippen LogP contribution in [-0.4, -0.2) is 0 Å². The van der Waals surface area contributed by atoms with Crippen LogP contribution in [0.5, 0.6) is 0 Å². The Morgan fingerprint density at radius 2 is 2.33 bits per heavy atom. The fraction of sp³-hybridized carbons (Fsp3) is 0.333. The summed E-state index contributed by atoms with van der Waals surface area (Å²) in [4.78, 5) is 0. The van der Waals surface area contributed by atoms with Crippen LogP contribution >= 0.6 is 0 Å². The van der Waals surface area contributed by atoms with Gasteiger partial charge in [-0.2, -0.15) is 0 Å². The molecular formula is C9H12. The Morgan fingerprint density at radius 1 is 1.56 bits per heavy atom. The van der Waals surface area contributed by atoms with Gasteiger partial charge >= 0.3 is 0 Å². The Labute approximate surface area is 56.6 Å². The van der Waals surface area contributed by atoms with E-state index in [1.807, 2.05) is 0 Å². The average molecular weight is 120 g/mol. The van der Waals surface area contributed by atoms with Crippen molar-refractivity contribution >= 4 is 0 Å². The summed E-state index contributed by atoms with van der Waals surface area (Å²) in [6, 6.07) is 0. The van der Waals surface area contributed by atoms with E-state index >= 15 is 0 Å². The standard InChI is InChI=1S/C9H12/c1-3-8-6-5-7-9(8)4-2/h3,5-7H,4H2,1-2H3/b8-3+. The highest BCUT2D eigenvalue weighted by molar-refractivity contribution is 5.47. The third-order valence-electron chi connectivity index (χ3n) is 1.64. The van der Waals surface area contributed by atoms with Gasteiger partial charge in [0.2, 0.25) is 0 Å². The largest absolute Gasteiger partial charge is 0.0801 e. The van der Waals surface area contributed by atoms with Crippen LogP contribution in [0, 0.1) is 0 Å². The summed E-state index contributed by atoms with van der Waals surface area (Å²) in [5.41, 5.74) is 2.84. The summed E-state index contributed by atoms with van der Waals surface area (Å²) in [6.07, 6.45) is 9.73. The maximum Gasteiger partial charge on any atom is -0.0267 e. The normalized spacial score (nSPS) is 21.1. The van der Waals surface area contributed by atoms with E-state index in [2.05, 4.69) is 38.2 Å². The Balaban J connectivity index is 2.78. The van der Waals surface area contributed by atoms with Gasteiger partial charge in [-0.15, -0.1) is 0 Å². The maximum atomic E-state index is 2.18. The van der Waals surface area contributed by atoms with Gasteiger partial charge in [0.15, 0.2) is 0 Å². The molecule has 9 heavy (non-hydrogen) atoms. The van der Waals surface area contributed by atoms with E-state index in [1.165, 1.54) is 11.1 Å². The first-order valence-corrected chi connectivity index (χ1v) is 3.42. The summed E-state index contributed by atoms with van der Waals surface area (Å²) < 4.78 is 0. The zero-order valence-electron chi connectivity index (χ0n) is 6.02. The molecule has 0 aromatic carbocycles. The SMILES string of the molecule is C/C=C1\C=CC=C1CC. The molecule has 1 rings (SSSR count). The maximum absolute atomic E-state index is 2.18. The minimum atomic E-state index is 1.15. The molecule has 0 heteroatoms. The van der Waals surface area contributed by atoms with Crippen LogP contribution in [-0.2, 0) is 0 Å². The van der Waals surface area contributed by atoms with Crippen molar-refractivity contribution in [2.75, 3.05) is 0 Å². The summed E-state index contributed by atoms with van der Waals surface area (Å²) >= 11 is 0. The molecule has 0 aliphatic heterocycles. The number of allylic oxidation sites excluding steroid dienone is 6. The van der Waals surface area contributed by atoms with Crippen molar-refractivity contribution < 1.29 is 0 Å². The van der Waals surface area contributed by atoms with Gasteiger partial charge in [-0.25, -0.2) is 0 Å². The van der Waals surface area contributed by atoms with E-state index in [0.29, 0.717) is 0 Å². The van der Waals surface area contributed by atoms with Crippen LogP contribution in [0.15, 0.2) is 35.5 Å². The lowest BCUT2D eigenvalue weighted by Gasteiger charge is -1.96. The lowest BCUT2D eigenvalue weighted by atomic mass is 10.1. The van der Waals surface area contributed by atoms with Crippen LogP contribution < -0.4 is 0 Å². The van der Waals surface area contributed by atoms with E-state index < -0.39 is 0 Å². The van der Waals surface area contributed by atoms with Crippen molar-refractivity contribution in [1.82, 2.24) is 0 Å². The van der Waals surface area contributed by atoms with Crippen molar-refractivity contribution in [3.63, 3.8) is 0 Å². The molecule has 0 aromatic heterocycles. The van der Waals surface area contributed by atoms with Gasteiger partial charge in [0.1, 0.15) is 0 Å². The average Bonchev–Trinajstić information content (AvgIpc) is 2.33. The predicted molar refractivity (Wildman–Crippen MR) is 41.3 cm³/mol. The fourth-order valence-electron chi connectivity index (χ4n) is 1.07. The first-order valence-electron chi connectivity index (χ1n) is 3.42. The Hall–Kier alpha value is -0.780. The number of rotatable bonds is 1. The summed E-state index contributed by atoms with van der Waals surface area (Å²) in [5.74, 6) is 0. The molecule has 0 unspecified atom stereocenters. The van der Waals surface area contributed by atoms with E-state index in [9.17, 15) is 0 Å². The fourth-order valence-corrected chi connectivity index (χ4v) is 1.07. The highest BCUT2D eigenvalue weighted by atomic mass is 14.1. The van der Waals surface area contributed by atoms with E-state index in [1.54, 1.807) is 0 Å². The second-order valence-electron chi connectivity index (χ2n) is 2.15. The smallest absolute Gasteiger partial charge is 0.0267 e. The second kappa shape index (κ2) is 2.67. The lowest BCUT2D eigenvalue weighted by Crippen LogP contribution is -1.77. The third kappa shape index (κ3) is 1.13. The zero-order chi connectivity index (χ0) is 6.69. The van der Waals surface area contributed by atoms with Gasteiger partial charge in [0.25, 0.3) is 0 Å². The molecule has 48 valence electrons. The summed E-state index contributed by atoms with van der Waals surface area (Å²) in [6.45, 7) is 4.26. The second-order valence-corrected chi connectivity index (χ2v) is 2.15. The van der Waals surface area contributed by atoms with Crippen LogP contribution in [0.1, 0.15) is 20.3 Å². The molecule has 0 nitrogen and oxygen atoms in total. The van der Waals surface area contributed by atoms with E-state index in [4.69, 9.17) is 0 Å². The Morgan fingerprint density at radius 3 is 2.78 bits per heavy atom. The molecule has 0 atom stereocenters. The molecule has 0 aromatic rings. The number of hydrogen-bond donors (Lipinski definition) is 0. The molecule has 0 spiro atoms. The molecule has 0 amide bonds. The molecule has 1 aliphatic carbocycles. The minimum Gasteiger partial charge on any atom is -0.0801 e. The van der Waals surface area contributed by atoms with Gasteiger partial charge in [-0.1, -0.05) is 31.2 Å². The topological polar surface area (TPSA) is 0 Å². The van der Waals surface area contributed by atoms with Crippen molar-refractivity contribution in [3.8, 4) is 0 Å². The van der Waals surface area contributed by atoms with Gasteiger partial charge < -0.3 is 0 Å². The van der Waals surface area contributed by atoms with Crippen molar-refractivity contribution in [2.45, 2.75) is 20.3 Å². The van der Waals surface area contributed by atoms with Gasteiger partial charge in [-0.05, 0) is 24.5 Å².